The van der Waals surface area contributed by atoms with Gasteiger partial charge < -0.3 is 5.32 Å². The fraction of sp³-hybridized carbons (Fsp3) is 0.296. The average Bonchev–Trinajstić information content (AvgIpc) is 3.34. The predicted molar refractivity (Wildman–Crippen MR) is 142 cm³/mol. The van der Waals surface area contributed by atoms with Crippen LogP contribution in [0.2, 0.25) is 5.02 Å². The van der Waals surface area contributed by atoms with E-state index in [1.165, 1.54) is 15.9 Å². The third kappa shape index (κ3) is 5.92. The zero-order valence-corrected chi connectivity index (χ0v) is 21.2. The van der Waals surface area contributed by atoms with Crippen molar-refractivity contribution >= 4 is 39.1 Å². The lowest BCUT2D eigenvalue weighted by atomic mass is 10.1. The first kappa shape index (κ1) is 24.9. The summed E-state index contributed by atoms with van der Waals surface area (Å²) in [6.07, 6.45) is 2.46. The number of amides is 1. The molecule has 8 heteroatoms. The normalized spacial score (nSPS) is 11.1. The maximum Gasteiger partial charge on any atom is 0.331 e. The fourth-order valence-electron chi connectivity index (χ4n) is 4.10. The Kier molecular flexibility index (Phi) is 8.21. The number of benzene rings is 2. The molecule has 0 radical (unpaired) electrons. The van der Waals surface area contributed by atoms with Crippen molar-refractivity contribution in [3.8, 4) is 0 Å². The Balaban J connectivity index is 1.37. The van der Waals surface area contributed by atoms with Crippen LogP contribution in [-0.2, 0) is 24.4 Å². The van der Waals surface area contributed by atoms with Gasteiger partial charge in [-0.2, -0.15) is 0 Å². The summed E-state index contributed by atoms with van der Waals surface area (Å²) in [5.41, 5.74) is 3.19. The fourth-order valence-corrected chi connectivity index (χ4v) is 5.14. The van der Waals surface area contributed by atoms with E-state index in [1.807, 2.05) is 60.8 Å². The highest BCUT2D eigenvalue weighted by Crippen LogP contribution is 2.18. The molecule has 0 aliphatic rings. The number of fused-ring (bicyclic) bond motifs is 1. The van der Waals surface area contributed by atoms with Crippen LogP contribution in [0.1, 0.15) is 42.4 Å². The van der Waals surface area contributed by atoms with Gasteiger partial charge in [-0.05, 0) is 54.0 Å². The molecule has 0 unspecified atom stereocenters. The predicted octanol–water partition coefficient (Wildman–Crippen LogP) is 5.11. The Bertz CT molecular complexity index is 1450. The lowest BCUT2D eigenvalue weighted by Crippen LogP contribution is -2.39. The van der Waals surface area contributed by atoms with E-state index < -0.39 is 0 Å². The van der Waals surface area contributed by atoms with E-state index in [-0.39, 0.29) is 17.2 Å². The molecule has 4 aromatic rings. The lowest BCUT2D eigenvalue weighted by Gasteiger charge is -2.13. The van der Waals surface area contributed by atoms with Crippen molar-refractivity contribution in [2.24, 2.45) is 0 Å². The molecule has 0 fully saturated rings. The third-order valence-corrected chi connectivity index (χ3v) is 7.41. The second kappa shape index (κ2) is 11.5. The van der Waals surface area contributed by atoms with Gasteiger partial charge in [0.2, 0.25) is 5.91 Å². The van der Waals surface area contributed by atoms with E-state index in [2.05, 4.69) is 5.32 Å². The van der Waals surface area contributed by atoms with Crippen molar-refractivity contribution in [3.63, 3.8) is 0 Å². The van der Waals surface area contributed by atoms with Crippen molar-refractivity contribution in [1.82, 2.24) is 14.5 Å². The molecular weight excluding hydrogens is 482 g/mol. The van der Waals surface area contributed by atoms with Crippen LogP contribution in [0.15, 0.2) is 69.6 Å². The summed E-state index contributed by atoms with van der Waals surface area (Å²) in [6.45, 7) is 3.17. The Hall–Kier alpha value is -3.16. The Morgan fingerprint density at radius 2 is 1.69 bits per heavy atom. The van der Waals surface area contributed by atoms with Gasteiger partial charge in [-0.1, -0.05) is 60.5 Å². The number of nitrogens with zero attached hydrogens (tertiary/aromatic N) is 2. The number of thiophene rings is 1. The Labute approximate surface area is 212 Å². The van der Waals surface area contributed by atoms with Crippen LogP contribution in [0.4, 0.5) is 0 Å². The number of carbonyl (C=O) groups excluding carboxylic acids is 1. The van der Waals surface area contributed by atoms with Crippen molar-refractivity contribution in [3.05, 3.63) is 103 Å². The number of halogens is 1. The molecule has 2 heterocycles. The molecule has 0 atom stereocenters. The topological polar surface area (TPSA) is 73.1 Å². The van der Waals surface area contributed by atoms with Gasteiger partial charge in [-0.25, -0.2) is 4.79 Å². The van der Waals surface area contributed by atoms with E-state index in [4.69, 9.17) is 11.6 Å². The minimum Gasteiger partial charge on any atom is -0.352 e. The second-order valence-corrected chi connectivity index (χ2v) is 9.89. The largest absolute Gasteiger partial charge is 0.352 e. The van der Waals surface area contributed by atoms with E-state index in [0.717, 1.165) is 23.1 Å². The summed E-state index contributed by atoms with van der Waals surface area (Å²) < 4.78 is 3.63. The number of unbranched alkanes of at least 4 members (excludes halogenated alkanes) is 2. The highest BCUT2D eigenvalue weighted by molar-refractivity contribution is 7.17. The quantitative estimate of drug-likeness (QED) is 0.302. The lowest BCUT2D eigenvalue weighted by molar-refractivity contribution is -0.121. The van der Waals surface area contributed by atoms with Crippen LogP contribution in [0, 0.1) is 6.92 Å². The van der Waals surface area contributed by atoms with Gasteiger partial charge in [0.05, 0.1) is 12.1 Å². The summed E-state index contributed by atoms with van der Waals surface area (Å²) in [7, 11) is 0. The summed E-state index contributed by atoms with van der Waals surface area (Å²) in [6, 6.07) is 17.2. The van der Waals surface area contributed by atoms with Crippen molar-refractivity contribution in [2.75, 3.05) is 0 Å². The molecule has 0 bridgehead atoms. The molecule has 0 saturated heterocycles. The second-order valence-electron chi connectivity index (χ2n) is 8.57. The first-order chi connectivity index (χ1) is 17.0. The first-order valence-corrected chi connectivity index (χ1v) is 13.0. The van der Waals surface area contributed by atoms with Gasteiger partial charge in [0.25, 0.3) is 5.56 Å². The van der Waals surface area contributed by atoms with Gasteiger partial charge in [0.15, 0.2) is 0 Å². The summed E-state index contributed by atoms with van der Waals surface area (Å²) in [4.78, 5) is 38.4. The zero-order valence-electron chi connectivity index (χ0n) is 19.6. The van der Waals surface area contributed by atoms with Crippen molar-refractivity contribution in [1.29, 1.82) is 0 Å². The minimum atomic E-state index is -0.290. The molecule has 35 heavy (non-hydrogen) atoms. The molecular formula is C27H28ClN3O3S. The molecule has 2 aromatic heterocycles. The van der Waals surface area contributed by atoms with Crippen molar-refractivity contribution in [2.45, 2.75) is 52.2 Å². The SMILES string of the molecule is Cc1ccccc1Cn1c(=O)n(CCCCCC(=O)NCc2ccccc2Cl)c(=O)c2sccc21. The van der Waals surface area contributed by atoms with Crippen LogP contribution in [0.3, 0.4) is 0 Å². The van der Waals surface area contributed by atoms with E-state index in [9.17, 15) is 14.4 Å². The molecule has 0 saturated carbocycles. The summed E-state index contributed by atoms with van der Waals surface area (Å²) in [5, 5.41) is 5.37. The van der Waals surface area contributed by atoms with Crippen LogP contribution in [-0.4, -0.2) is 15.0 Å². The smallest absolute Gasteiger partial charge is 0.331 e. The van der Waals surface area contributed by atoms with Crippen LogP contribution >= 0.6 is 22.9 Å². The monoisotopic (exact) mass is 509 g/mol. The highest BCUT2D eigenvalue weighted by atomic mass is 35.5. The van der Waals surface area contributed by atoms with E-state index >= 15 is 0 Å². The minimum absolute atomic E-state index is 0.0392. The summed E-state index contributed by atoms with van der Waals surface area (Å²) >= 11 is 7.49. The van der Waals surface area contributed by atoms with Crippen LogP contribution in [0.25, 0.3) is 10.2 Å². The molecule has 0 aliphatic heterocycles. The number of hydrogen-bond donors (Lipinski definition) is 1. The van der Waals surface area contributed by atoms with Gasteiger partial charge in [0.1, 0.15) is 4.70 Å². The Morgan fingerprint density at radius 3 is 2.46 bits per heavy atom. The molecule has 4 rings (SSSR count). The van der Waals surface area contributed by atoms with Gasteiger partial charge in [-0.3, -0.25) is 18.7 Å². The number of nitrogens with one attached hydrogen (secondary N) is 1. The van der Waals surface area contributed by atoms with Gasteiger partial charge in [0, 0.05) is 24.5 Å². The molecule has 0 spiro atoms. The number of aromatic nitrogens is 2. The number of rotatable bonds is 10. The highest BCUT2D eigenvalue weighted by Gasteiger charge is 2.15. The number of carbonyl (C=O) groups is 1. The molecule has 182 valence electrons. The Morgan fingerprint density at radius 1 is 0.943 bits per heavy atom. The number of hydrogen-bond acceptors (Lipinski definition) is 4. The molecule has 1 amide bonds. The zero-order chi connectivity index (χ0) is 24.8. The third-order valence-electron chi connectivity index (χ3n) is 6.15. The molecule has 6 nitrogen and oxygen atoms in total. The van der Waals surface area contributed by atoms with E-state index in [0.29, 0.717) is 54.1 Å². The number of aryl methyl sites for hydroxylation is 1. The first-order valence-electron chi connectivity index (χ1n) is 11.7. The van der Waals surface area contributed by atoms with E-state index in [1.54, 1.807) is 10.6 Å². The van der Waals surface area contributed by atoms with Crippen molar-refractivity contribution < 1.29 is 4.79 Å². The van der Waals surface area contributed by atoms with Crippen LogP contribution in [0.5, 0.6) is 0 Å². The maximum absolute atomic E-state index is 13.3. The van der Waals surface area contributed by atoms with Crippen LogP contribution < -0.4 is 16.6 Å². The van der Waals surface area contributed by atoms with Gasteiger partial charge >= 0.3 is 5.69 Å². The molecule has 1 N–H and O–H groups in total. The van der Waals surface area contributed by atoms with Gasteiger partial charge in [-0.15, -0.1) is 11.3 Å². The maximum atomic E-state index is 13.3. The average molecular weight is 510 g/mol. The molecule has 0 aliphatic carbocycles. The summed E-state index contributed by atoms with van der Waals surface area (Å²) in [5.74, 6) is -0.0392. The molecule has 2 aromatic carbocycles. The standard InChI is InChI=1S/C27H28ClN3O3S/c1-19-9-4-5-11-21(19)18-31-23-14-16-35-25(23)26(33)30(27(31)34)15-8-2-3-13-24(32)29-17-20-10-6-7-12-22(20)28/h4-7,9-12,14,16H,2-3,8,13,15,17-18H2,1H3,(H,29,32).